The standard InChI is InChI=1S/C14H26O2/c1-3-5-6-7-8-9-10-11-12-14(15)16-13-4-2/h4,13H,3,5-12H2,1-2H3. The highest BCUT2D eigenvalue weighted by atomic mass is 16.5. The first-order chi connectivity index (χ1) is 7.81. The molecule has 0 aliphatic carbocycles. The second-order valence-corrected chi connectivity index (χ2v) is 4.18. The fourth-order valence-electron chi connectivity index (χ4n) is 1.61. The first kappa shape index (κ1) is 15.2. The second kappa shape index (κ2) is 12.3. The van der Waals surface area contributed by atoms with Crippen LogP contribution in [0.25, 0.3) is 0 Å². The summed E-state index contributed by atoms with van der Waals surface area (Å²) < 4.78 is 4.83. The molecular formula is C14H26O2. The number of allylic oxidation sites excluding steroid dienone is 1. The summed E-state index contributed by atoms with van der Waals surface area (Å²) in [6.07, 6.45) is 13.8. The van der Waals surface area contributed by atoms with E-state index in [1.807, 2.05) is 6.92 Å². The van der Waals surface area contributed by atoms with E-state index in [0.717, 1.165) is 12.8 Å². The van der Waals surface area contributed by atoms with Crippen molar-refractivity contribution in [3.8, 4) is 0 Å². The normalized spacial score (nSPS) is 10.9. The first-order valence-corrected chi connectivity index (χ1v) is 6.62. The first-order valence-electron chi connectivity index (χ1n) is 6.62. The zero-order valence-electron chi connectivity index (χ0n) is 10.8. The molecule has 0 unspecified atom stereocenters. The van der Waals surface area contributed by atoms with Gasteiger partial charge in [0.2, 0.25) is 0 Å². The molecule has 16 heavy (non-hydrogen) atoms. The Balaban J connectivity index is 3.11. The number of esters is 1. The van der Waals surface area contributed by atoms with Crippen LogP contribution in [0.5, 0.6) is 0 Å². The Morgan fingerprint density at radius 3 is 2.12 bits per heavy atom. The van der Waals surface area contributed by atoms with Gasteiger partial charge in [0.05, 0.1) is 6.26 Å². The van der Waals surface area contributed by atoms with Crippen LogP contribution in [0.2, 0.25) is 0 Å². The lowest BCUT2D eigenvalue weighted by Gasteiger charge is -2.01. The SMILES string of the molecule is CC=COC(=O)CCCCCCCCCC. The summed E-state index contributed by atoms with van der Waals surface area (Å²) in [5.74, 6) is -0.107. The summed E-state index contributed by atoms with van der Waals surface area (Å²) in [5.41, 5.74) is 0. The minimum absolute atomic E-state index is 0.107. The highest BCUT2D eigenvalue weighted by molar-refractivity contribution is 5.69. The Bertz CT molecular complexity index is 185. The zero-order chi connectivity index (χ0) is 12.1. The van der Waals surface area contributed by atoms with E-state index in [9.17, 15) is 4.79 Å². The van der Waals surface area contributed by atoms with Gasteiger partial charge in [-0.15, -0.1) is 0 Å². The Labute approximate surface area is 100 Å². The van der Waals surface area contributed by atoms with Crippen LogP contribution in [-0.4, -0.2) is 5.97 Å². The molecule has 0 spiro atoms. The summed E-state index contributed by atoms with van der Waals surface area (Å²) >= 11 is 0. The van der Waals surface area contributed by atoms with Crippen molar-refractivity contribution < 1.29 is 9.53 Å². The van der Waals surface area contributed by atoms with E-state index in [-0.39, 0.29) is 5.97 Å². The van der Waals surface area contributed by atoms with Gasteiger partial charge in [-0.3, -0.25) is 4.79 Å². The topological polar surface area (TPSA) is 26.3 Å². The van der Waals surface area contributed by atoms with Crippen LogP contribution in [0.15, 0.2) is 12.3 Å². The monoisotopic (exact) mass is 226 g/mol. The van der Waals surface area contributed by atoms with Gasteiger partial charge in [-0.05, 0) is 13.3 Å². The molecule has 2 nitrogen and oxygen atoms in total. The molecule has 0 aromatic heterocycles. The fourth-order valence-corrected chi connectivity index (χ4v) is 1.61. The number of ether oxygens (including phenoxy) is 1. The smallest absolute Gasteiger partial charge is 0.310 e. The van der Waals surface area contributed by atoms with Gasteiger partial charge in [-0.25, -0.2) is 0 Å². The molecule has 0 aliphatic heterocycles. The largest absolute Gasteiger partial charge is 0.435 e. The molecule has 0 fully saturated rings. The Kier molecular flexibility index (Phi) is 11.7. The third kappa shape index (κ3) is 11.3. The van der Waals surface area contributed by atoms with Crippen molar-refractivity contribution >= 4 is 5.97 Å². The number of carbonyl (C=O) groups excluding carboxylic acids is 1. The summed E-state index contributed by atoms with van der Waals surface area (Å²) in [5, 5.41) is 0. The molecule has 0 amide bonds. The molecule has 94 valence electrons. The Hall–Kier alpha value is -0.790. The average molecular weight is 226 g/mol. The summed E-state index contributed by atoms with van der Waals surface area (Å²) in [4.78, 5) is 11.1. The molecule has 0 atom stereocenters. The lowest BCUT2D eigenvalue weighted by atomic mass is 10.1. The molecule has 0 radical (unpaired) electrons. The van der Waals surface area contributed by atoms with Crippen LogP contribution < -0.4 is 0 Å². The van der Waals surface area contributed by atoms with Crippen LogP contribution in [0.4, 0.5) is 0 Å². The highest BCUT2D eigenvalue weighted by Gasteiger charge is 1.99. The maximum atomic E-state index is 11.1. The minimum atomic E-state index is -0.107. The maximum absolute atomic E-state index is 11.1. The van der Waals surface area contributed by atoms with Gasteiger partial charge in [-0.1, -0.05) is 57.9 Å². The second-order valence-electron chi connectivity index (χ2n) is 4.18. The van der Waals surface area contributed by atoms with E-state index in [4.69, 9.17) is 4.74 Å². The molecule has 0 aliphatic rings. The molecule has 0 bridgehead atoms. The van der Waals surface area contributed by atoms with Gasteiger partial charge < -0.3 is 4.74 Å². The van der Waals surface area contributed by atoms with Gasteiger partial charge in [0.15, 0.2) is 0 Å². The molecule has 0 N–H and O–H groups in total. The van der Waals surface area contributed by atoms with Crippen molar-refractivity contribution in [2.24, 2.45) is 0 Å². The van der Waals surface area contributed by atoms with Gasteiger partial charge in [0, 0.05) is 6.42 Å². The van der Waals surface area contributed by atoms with Gasteiger partial charge in [0.25, 0.3) is 0 Å². The van der Waals surface area contributed by atoms with E-state index >= 15 is 0 Å². The third-order valence-electron chi connectivity index (χ3n) is 2.57. The predicted octanol–water partition coefficient (Wildman–Crippen LogP) is 4.59. The van der Waals surface area contributed by atoms with Crippen molar-refractivity contribution in [2.45, 2.75) is 71.6 Å². The van der Waals surface area contributed by atoms with Gasteiger partial charge in [-0.2, -0.15) is 0 Å². The molecule has 2 heteroatoms. The van der Waals surface area contributed by atoms with Crippen LogP contribution in [0.3, 0.4) is 0 Å². The summed E-state index contributed by atoms with van der Waals surface area (Å²) in [6.45, 7) is 4.07. The van der Waals surface area contributed by atoms with Gasteiger partial charge >= 0.3 is 5.97 Å². The summed E-state index contributed by atoms with van der Waals surface area (Å²) in [6, 6.07) is 0. The van der Waals surface area contributed by atoms with Crippen molar-refractivity contribution in [3.63, 3.8) is 0 Å². The summed E-state index contributed by atoms with van der Waals surface area (Å²) in [7, 11) is 0. The molecule has 0 saturated carbocycles. The molecular weight excluding hydrogens is 200 g/mol. The number of carbonyl (C=O) groups is 1. The predicted molar refractivity (Wildman–Crippen MR) is 68.1 cm³/mol. The van der Waals surface area contributed by atoms with Crippen LogP contribution in [0, 0.1) is 0 Å². The zero-order valence-corrected chi connectivity index (χ0v) is 10.8. The van der Waals surface area contributed by atoms with Crippen LogP contribution in [-0.2, 0) is 9.53 Å². The van der Waals surface area contributed by atoms with E-state index < -0.39 is 0 Å². The third-order valence-corrected chi connectivity index (χ3v) is 2.57. The van der Waals surface area contributed by atoms with Crippen molar-refractivity contribution in [2.75, 3.05) is 0 Å². The number of unbranched alkanes of at least 4 members (excludes halogenated alkanes) is 7. The lowest BCUT2D eigenvalue weighted by molar-refractivity contribution is -0.138. The molecule has 0 rings (SSSR count). The van der Waals surface area contributed by atoms with E-state index in [0.29, 0.717) is 6.42 Å². The quantitative estimate of drug-likeness (QED) is 0.309. The average Bonchev–Trinajstić information content (AvgIpc) is 2.30. The van der Waals surface area contributed by atoms with Crippen molar-refractivity contribution in [1.82, 2.24) is 0 Å². The molecule has 0 saturated heterocycles. The van der Waals surface area contributed by atoms with Crippen LogP contribution >= 0.6 is 0 Å². The number of hydrogen-bond donors (Lipinski definition) is 0. The van der Waals surface area contributed by atoms with Crippen molar-refractivity contribution in [3.05, 3.63) is 12.3 Å². The fraction of sp³-hybridized carbons (Fsp3) is 0.786. The van der Waals surface area contributed by atoms with E-state index in [1.54, 1.807) is 6.08 Å². The maximum Gasteiger partial charge on any atom is 0.310 e. The Morgan fingerprint density at radius 2 is 1.56 bits per heavy atom. The highest BCUT2D eigenvalue weighted by Crippen LogP contribution is 2.09. The number of hydrogen-bond acceptors (Lipinski definition) is 2. The Morgan fingerprint density at radius 1 is 1.00 bits per heavy atom. The lowest BCUT2D eigenvalue weighted by Crippen LogP contribution is -1.98. The minimum Gasteiger partial charge on any atom is -0.435 e. The molecule has 0 aromatic carbocycles. The molecule has 0 aromatic rings. The van der Waals surface area contributed by atoms with Crippen molar-refractivity contribution in [1.29, 1.82) is 0 Å². The van der Waals surface area contributed by atoms with E-state index in [1.165, 1.54) is 44.8 Å². The number of rotatable bonds is 10. The van der Waals surface area contributed by atoms with E-state index in [2.05, 4.69) is 6.92 Å². The van der Waals surface area contributed by atoms with Gasteiger partial charge in [0.1, 0.15) is 0 Å². The molecule has 0 heterocycles. The van der Waals surface area contributed by atoms with Crippen LogP contribution in [0.1, 0.15) is 71.6 Å².